The zero-order valence-corrected chi connectivity index (χ0v) is 13.9. The van der Waals surface area contributed by atoms with Crippen molar-refractivity contribution >= 4 is 16.4 Å². The van der Waals surface area contributed by atoms with Crippen molar-refractivity contribution < 1.29 is 31.6 Å². The van der Waals surface area contributed by atoms with Gasteiger partial charge in [-0.2, -0.15) is 13.8 Å². The van der Waals surface area contributed by atoms with Gasteiger partial charge in [0.15, 0.2) is 0 Å². The largest absolute Gasteiger partial charge is 0.550 e. The lowest BCUT2D eigenvalue weighted by atomic mass is 10.2. The highest BCUT2D eigenvalue weighted by molar-refractivity contribution is 7.81. The van der Waals surface area contributed by atoms with Gasteiger partial charge in [-0.15, -0.1) is 0 Å². The Morgan fingerprint density at radius 1 is 1.36 bits per heavy atom. The van der Waals surface area contributed by atoms with Crippen molar-refractivity contribution in [3.8, 4) is 5.75 Å². The lowest BCUT2D eigenvalue weighted by Gasteiger charge is -2.24. The van der Waals surface area contributed by atoms with Crippen LogP contribution >= 0.6 is 0 Å². The van der Waals surface area contributed by atoms with E-state index >= 15 is 0 Å². The van der Waals surface area contributed by atoms with Crippen LogP contribution in [0.2, 0.25) is 0 Å². The summed E-state index contributed by atoms with van der Waals surface area (Å²) < 4.78 is 34.6. The van der Waals surface area contributed by atoms with Gasteiger partial charge in [-0.05, 0) is 24.1 Å². The highest BCUT2D eigenvalue weighted by Crippen LogP contribution is 2.14. The number of nitrogens with one attached hydrogen (secondary N) is 1. The molecule has 0 saturated carbocycles. The van der Waals surface area contributed by atoms with Gasteiger partial charge >= 0.3 is 10.4 Å². The molecule has 0 aliphatic rings. The Morgan fingerprint density at radius 2 is 1.91 bits per heavy atom. The predicted octanol–water partition coefficient (Wildman–Crippen LogP) is -0.275. The highest BCUT2D eigenvalue weighted by Gasteiger charge is 2.09. The lowest BCUT2D eigenvalue weighted by molar-refractivity contribution is -0.917. The van der Waals surface area contributed by atoms with E-state index in [2.05, 4.69) is 9.61 Å². The summed E-state index contributed by atoms with van der Waals surface area (Å²) in [5, 5.41) is 9.26. The minimum atomic E-state index is -4.46. The first kappa shape index (κ1) is 20.3. The molecule has 0 heterocycles. The Bertz CT molecular complexity index is 580. The van der Waals surface area contributed by atoms with Crippen LogP contribution in [-0.4, -0.2) is 44.7 Å². The standard InChI is InChI=1S/C10H16N2O4S.C3H6O2/c1-12(2,3)11-8-9-5-4-6-10(7-9)16-17(13,14)15;1-2-3(4)5/h4-7,11H,8H2,1-3H3;2H2,1H3,(H,4,5). The fraction of sp³-hybridized carbons (Fsp3) is 0.462. The normalized spacial score (nSPS) is 11.3. The van der Waals surface area contributed by atoms with E-state index in [1.54, 1.807) is 12.1 Å². The number of hydrogen-bond donors (Lipinski definition) is 2. The number of carbonyl (C=O) groups excluding carboxylic acids is 1. The number of quaternary nitrogens is 1. The molecule has 0 atom stereocenters. The zero-order chi connectivity index (χ0) is 17.4. The topological polar surface area (TPSA) is 116 Å². The zero-order valence-electron chi connectivity index (χ0n) is 13.1. The first-order valence-corrected chi connectivity index (χ1v) is 7.81. The Kier molecular flexibility index (Phi) is 8.02. The number of carboxylic acid groups (broad SMARTS) is 1. The predicted molar refractivity (Wildman–Crippen MR) is 78.8 cm³/mol. The monoisotopic (exact) mass is 334 g/mol. The molecule has 126 valence electrons. The van der Waals surface area contributed by atoms with E-state index in [1.165, 1.54) is 13.0 Å². The van der Waals surface area contributed by atoms with E-state index < -0.39 is 16.4 Å². The second-order valence-electron chi connectivity index (χ2n) is 5.23. The van der Waals surface area contributed by atoms with E-state index in [1.807, 2.05) is 27.2 Å². The fourth-order valence-electron chi connectivity index (χ4n) is 1.16. The van der Waals surface area contributed by atoms with Gasteiger partial charge < -0.3 is 14.1 Å². The summed E-state index contributed by atoms with van der Waals surface area (Å²) in [4.78, 5) is 9.26. The molecule has 8 nitrogen and oxygen atoms in total. The summed E-state index contributed by atoms with van der Waals surface area (Å²) >= 11 is 0. The summed E-state index contributed by atoms with van der Waals surface area (Å²) in [5.41, 5.74) is 4.06. The van der Waals surface area contributed by atoms with Gasteiger partial charge in [-0.1, -0.05) is 19.1 Å². The van der Waals surface area contributed by atoms with E-state index in [0.717, 1.165) is 5.56 Å². The molecule has 0 aromatic heterocycles. The molecule has 1 aromatic rings. The van der Waals surface area contributed by atoms with Crippen LogP contribution in [0.4, 0.5) is 0 Å². The van der Waals surface area contributed by atoms with Crippen LogP contribution < -0.4 is 14.7 Å². The quantitative estimate of drug-likeness (QED) is 0.418. The summed E-state index contributed by atoms with van der Waals surface area (Å²) in [5.74, 6) is -0.904. The minimum Gasteiger partial charge on any atom is -0.550 e. The Hall–Kier alpha value is -1.68. The van der Waals surface area contributed by atoms with Crippen LogP contribution in [0, 0.1) is 0 Å². The second-order valence-corrected chi connectivity index (χ2v) is 6.25. The van der Waals surface area contributed by atoms with Crippen LogP contribution in [0.5, 0.6) is 5.75 Å². The lowest BCUT2D eigenvalue weighted by Crippen LogP contribution is -2.47. The molecule has 22 heavy (non-hydrogen) atoms. The van der Waals surface area contributed by atoms with Crippen LogP contribution in [-0.2, 0) is 21.7 Å². The number of rotatable bonds is 6. The molecule has 0 aliphatic carbocycles. The van der Waals surface area contributed by atoms with Crippen molar-refractivity contribution in [3.05, 3.63) is 29.8 Å². The number of benzene rings is 1. The van der Waals surface area contributed by atoms with Gasteiger partial charge in [0.1, 0.15) is 5.75 Å². The van der Waals surface area contributed by atoms with Crippen LogP contribution in [0.1, 0.15) is 18.9 Å². The molecule has 9 heteroatoms. The van der Waals surface area contributed by atoms with Crippen molar-refractivity contribution in [1.82, 2.24) is 5.43 Å². The van der Waals surface area contributed by atoms with Gasteiger partial charge in [-0.25, -0.2) is 0 Å². The van der Waals surface area contributed by atoms with E-state index in [4.69, 9.17) is 4.55 Å². The molecular formula is C13H22N2O6S. The maximum absolute atomic E-state index is 10.5. The molecule has 0 bridgehead atoms. The molecule has 0 spiro atoms. The molecule has 0 radical (unpaired) electrons. The molecule has 0 unspecified atom stereocenters. The van der Waals surface area contributed by atoms with Crippen LogP contribution in [0.15, 0.2) is 24.3 Å². The molecule has 1 aromatic carbocycles. The molecule has 0 saturated heterocycles. The molecular weight excluding hydrogens is 312 g/mol. The van der Waals surface area contributed by atoms with Gasteiger partial charge in [0, 0.05) is 5.97 Å². The van der Waals surface area contributed by atoms with E-state index in [0.29, 0.717) is 11.1 Å². The smallest absolute Gasteiger partial charge is 0.446 e. The number of carbonyl (C=O) groups is 1. The van der Waals surface area contributed by atoms with Gasteiger partial charge in [-0.3, -0.25) is 9.14 Å². The van der Waals surface area contributed by atoms with Crippen molar-refractivity contribution in [2.45, 2.75) is 19.9 Å². The van der Waals surface area contributed by atoms with E-state index in [-0.39, 0.29) is 12.2 Å². The average molecular weight is 334 g/mol. The van der Waals surface area contributed by atoms with Gasteiger partial charge in [0.2, 0.25) is 0 Å². The van der Waals surface area contributed by atoms with Gasteiger partial charge in [0.25, 0.3) is 0 Å². The van der Waals surface area contributed by atoms with Gasteiger partial charge in [0.05, 0.1) is 27.7 Å². The summed E-state index contributed by atoms with van der Waals surface area (Å²) in [6.07, 6.45) is 0.111. The molecule has 1 rings (SSSR count). The van der Waals surface area contributed by atoms with Crippen molar-refractivity contribution in [2.24, 2.45) is 0 Å². The molecule has 0 aliphatic heterocycles. The minimum absolute atomic E-state index is 0.0909. The second kappa shape index (κ2) is 8.69. The van der Waals surface area contributed by atoms with Crippen molar-refractivity contribution in [3.63, 3.8) is 0 Å². The van der Waals surface area contributed by atoms with E-state index in [9.17, 15) is 18.3 Å². The maximum Gasteiger partial charge on any atom is 0.446 e. The third kappa shape index (κ3) is 12.1. The molecule has 0 amide bonds. The van der Waals surface area contributed by atoms with Crippen molar-refractivity contribution in [2.75, 3.05) is 21.1 Å². The number of carboxylic acids is 1. The Labute approximate surface area is 130 Å². The first-order chi connectivity index (χ1) is 9.93. The third-order valence-corrected chi connectivity index (χ3v) is 2.55. The fourth-order valence-corrected chi connectivity index (χ4v) is 1.50. The number of nitrogens with zero attached hydrogens (tertiary/aromatic N) is 1. The molecule has 0 fully saturated rings. The Morgan fingerprint density at radius 3 is 2.32 bits per heavy atom. The van der Waals surface area contributed by atoms with Crippen LogP contribution in [0.25, 0.3) is 0 Å². The number of hydrogen-bond acceptors (Lipinski definition) is 6. The Balaban J connectivity index is 0.000000763. The highest BCUT2D eigenvalue weighted by atomic mass is 32.3. The first-order valence-electron chi connectivity index (χ1n) is 6.45. The summed E-state index contributed by atoms with van der Waals surface area (Å²) in [6.45, 7) is 2.10. The average Bonchev–Trinajstić information content (AvgIpc) is 2.34. The summed E-state index contributed by atoms with van der Waals surface area (Å²) in [6, 6.07) is 6.51. The maximum atomic E-state index is 10.5. The molecule has 2 N–H and O–H groups in total. The SMILES string of the molecule is CCC(=O)[O-].C[N+](C)(C)NCc1cccc(OS(=O)(=O)O)c1. The van der Waals surface area contributed by atoms with Crippen LogP contribution in [0.3, 0.4) is 0 Å². The van der Waals surface area contributed by atoms with Crippen molar-refractivity contribution in [1.29, 1.82) is 0 Å². The summed E-state index contributed by atoms with van der Waals surface area (Å²) in [7, 11) is 1.45. The number of aliphatic carboxylic acids is 1. The third-order valence-electron chi connectivity index (χ3n) is 2.15.